The van der Waals surface area contributed by atoms with Gasteiger partial charge in [0, 0.05) is 19.6 Å². The Hall–Kier alpha value is -1.46. The van der Waals surface area contributed by atoms with E-state index in [1.807, 2.05) is 0 Å². The van der Waals surface area contributed by atoms with Crippen LogP contribution < -0.4 is 5.32 Å². The molecule has 0 aliphatic carbocycles. The predicted molar refractivity (Wildman–Crippen MR) is 74.8 cm³/mol. The zero-order chi connectivity index (χ0) is 14.6. The molecule has 20 heavy (non-hydrogen) atoms. The highest BCUT2D eigenvalue weighted by Gasteiger charge is 2.42. The Kier molecular flexibility index (Phi) is 4.73. The second-order valence-corrected chi connectivity index (χ2v) is 5.16. The summed E-state index contributed by atoms with van der Waals surface area (Å²) in [4.78, 5) is 14.4. The van der Waals surface area contributed by atoms with Crippen molar-refractivity contribution >= 4 is 5.97 Å². The number of esters is 1. The molecule has 5 heteroatoms. The lowest BCUT2D eigenvalue weighted by Gasteiger charge is -2.38. The number of rotatable bonds is 3. The first-order chi connectivity index (χ1) is 9.59. The van der Waals surface area contributed by atoms with Crippen molar-refractivity contribution in [3.05, 3.63) is 35.6 Å². The standard InChI is InChI=1S/C15H21FN2O2/c1-15(14(19)20-2,12-5-3-6-13(16)11-12)18-9-4-7-17-8-10-18/h3,5-6,11,17H,4,7-10H2,1-2H3. The highest BCUT2D eigenvalue weighted by molar-refractivity contribution is 5.82. The van der Waals surface area contributed by atoms with E-state index < -0.39 is 5.54 Å². The fraction of sp³-hybridized carbons (Fsp3) is 0.533. The van der Waals surface area contributed by atoms with Gasteiger partial charge >= 0.3 is 5.97 Å². The van der Waals surface area contributed by atoms with E-state index in [1.54, 1.807) is 19.1 Å². The molecule has 1 aliphatic rings. The van der Waals surface area contributed by atoms with Gasteiger partial charge in [0.25, 0.3) is 0 Å². The molecule has 1 saturated heterocycles. The lowest BCUT2D eigenvalue weighted by molar-refractivity contribution is -0.155. The quantitative estimate of drug-likeness (QED) is 0.852. The lowest BCUT2D eigenvalue weighted by Crippen LogP contribution is -2.51. The lowest BCUT2D eigenvalue weighted by atomic mass is 9.89. The molecule has 1 heterocycles. The van der Waals surface area contributed by atoms with Gasteiger partial charge in [0.15, 0.2) is 0 Å². The van der Waals surface area contributed by atoms with E-state index in [1.165, 1.54) is 19.2 Å². The topological polar surface area (TPSA) is 41.6 Å². The first-order valence-electron chi connectivity index (χ1n) is 6.89. The Morgan fingerprint density at radius 2 is 2.20 bits per heavy atom. The number of nitrogens with zero attached hydrogens (tertiary/aromatic N) is 1. The molecule has 2 rings (SSSR count). The summed E-state index contributed by atoms with van der Waals surface area (Å²) >= 11 is 0. The van der Waals surface area contributed by atoms with Crippen molar-refractivity contribution in [2.75, 3.05) is 33.3 Å². The molecule has 1 atom stereocenters. The van der Waals surface area contributed by atoms with Crippen molar-refractivity contribution in [3.63, 3.8) is 0 Å². The second kappa shape index (κ2) is 6.33. The predicted octanol–water partition coefficient (Wildman–Crippen LogP) is 1.51. The molecule has 1 aliphatic heterocycles. The Morgan fingerprint density at radius 1 is 1.40 bits per heavy atom. The van der Waals surface area contributed by atoms with E-state index in [0.717, 1.165) is 32.6 Å². The van der Waals surface area contributed by atoms with Crippen LogP contribution in [0.4, 0.5) is 4.39 Å². The summed E-state index contributed by atoms with van der Waals surface area (Å²) < 4.78 is 18.5. The highest BCUT2D eigenvalue weighted by Crippen LogP contribution is 2.30. The molecule has 1 unspecified atom stereocenters. The third-order valence-electron chi connectivity index (χ3n) is 3.94. The Balaban J connectivity index is 2.41. The maximum atomic E-state index is 13.5. The third kappa shape index (κ3) is 2.83. The molecule has 4 nitrogen and oxygen atoms in total. The normalized spacial score (nSPS) is 19.9. The molecule has 0 aromatic heterocycles. The van der Waals surface area contributed by atoms with Crippen LogP contribution in [0.25, 0.3) is 0 Å². The fourth-order valence-electron chi connectivity index (χ4n) is 2.71. The van der Waals surface area contributed by atoms with Gasteiger partial charge in [-0.25, -0.2) is 9.18 Å². The molecule has 110 valence electrons. The molecular formula is C15H21FN2O2. The largest absolute Gasteiger partial charge is 0.467 e. The van der Waals surface area contributed by atoms with Crippen LogP contribution in [0.2, 0.25) is 0 Å². The zero-order valence-electron chi connectivity index (χ0n) is 12.0. The van der Waals surface area contributed by atoms with Crippen molar-refractivity contribution in [3.8, 4) is 0 Å². The Labute approximate surface area is 118 Å². The Bertz CT molecular complexity index is 473. The van der Waals surface area contributed by atoms with Gasteiger partial charge in [0.1, 0.15) is 11.4 Å². The average Bonchev–Trinajstić information content (AvgIpc) is 2.75. The van der Waals surface area contributed by atoms with Crippen LogP contribution in [0.15, 0.2) is 24.3 Å². The number of nitrogens with one attached hydrogen (secondary N) is 1. The number of hydrogen-bond acceptors (Lipinski definition) is 4. The van der Waals surface area contributed by atoms with E-state index in [2.05, 4.69) is 10.2 Å². The van der Waals surface area contributed by atoms with Gasteiger partial charge in [0.05, 0.1) is 7.11 Å². The third-order valence-corrected chi connectivity index (χ3v) is 3.94. The summed E-state index contributed by atoms with van der Waals surface area (Å²) in [7, 11) is 1.37. The van der Waals surface area contributed by atoms with E-state index in [4.69, 9.17) is 4.74 Å². The number of carbonyl (C=O) groups is 1. The molecule has 0 spiro atoms. The van der Waals surface area contributed by atoms with Gasteiger partial charge in [0.2, 0.25) is 0 Å². The van der Waals surface area contributed by atoms with Crippen LogP contribution in [-0.2, 0) is 15.1 Å². The van der Waals surface area contributed by atoms with E-state index >= 15 is 0 Å². The summed E-state index contributed by atoms with van der Waals surface area (Å²) in [6.45, 7) is 5.04. The smallest absolute Gasteiger partial charge is 0.330 e. The summed E-state index contributed by atoms with van der Waals surface area (Å²) in [5, 5.41) is 3.30. The molecule has 0 bridgehead atoms. The van der Waals surface area contributed by atoms with Gasteiger partial charge in [-0.05, 0) is 37.6 Å². The van der Waals surface area contributed by atoms with Crippen LogP contribution in [0.3, 0.4) is 0 Å². The minimum atomic E-state index is -0.955. The van der Waals surface area contributed by atoms with E-state index in [-0.39, 0.29) is 11.8 Å². The van der Waals surface area contributed by atoms with E-state index in [9.17, 15) is 9.18 Å². The SMILES string of the molecule is COC(=O)C(C)(c1cccc(F)c1)N1CCCNCC1. The highest BCUT2D eigenvalue weighted by atomic mass is 19.1. The van der Waals surface area contributed by atoms with Crippen LogP contribution in [0.1, 0.15) is 18.9 Å². The van der Waals surface area contributed by atoms with Gasteiger partial charge < -0.3 is 10.1 Å². The average molecular weight is 280 g/mol. The van der Waals surface area contributed by atoms with Gasteiger partial charge in [-0.2, -0.15) is 0 Å². The number of hydrogen-bond donors (Lipinski definition) is 1. The van der Waals surface area contributed by atoms with Crippen molar-refractivity contribution in [2.24, 2.45) is 0 Å². The van der Waals surface area contributed by atoms with Crippen LogP contribution >= 0.6 is 0 Å². The van der Waals surface area contributed by atoms with Crippen LogP contribution in [0, 0.1) is 5.82 Å². The fourth-order valence-corrected chi connectivity index (χ4v) is 2.71. The first kappa shape index (κ1) is 14.9. The Morgan fingerprint density at radius 3 is 2.90 bits per heavy atom. The maximum Gasteiger partial charge on any atom is 0.330 e. The molecule has 1 aromatic rings. The molecule has 1 aromatic carbocycles. The van der Waals surface area contributed by atoms with E-state index in [0.29, 0.717) is 5.56 Å². The maximum absolute atomic E-state index is 13.5. The molecule has 0 amide bonds. The van der Waals surface area contributed by atoms with Crippen LogP contribution in [0.5, 0.6) is 0 Å². The van der Waals surface area contributed by atoms with Gasteiger partial charge in [-0.15, -0.1) is 0 Å². The summed E-state index contributed by atoms with van der Waals surface area (Å²) in [6, 6.07) is 6.20. The molecule has 0 radical (unpaired) electrons. The number of halogens is 1. The minimum absolute atomic E-state index is 0.342. The monoisotopic (exact) mass is 280 g/mol. The second-order valence-electron chi connectivity index (χ2n) is 5.16. The minimum Gasteiger partial charge on any atom is -0.467 e. The van der Waals surface area contributed by atoms with Gasteiger partial charge in [-0.3, -0.25) is 4.90 Å². The summed E-state index contributed by atoms with van der Waals surface area (Å²) in [5.74, 6) is -0.699. The molecule has 1 fully saturated rings. The van der Waals surface area contributed by atoms with Gasteiger partial charge in [-0.1, -0.05) is 12.1 Å². The number of benzene rings is 1. The summed E-state index contributed by atoms with van der Waals surface area (Å²) in [6.07, 6.45) is 0.946. The number of carbonyl (C=O) groups excluding carboxylic acids is 1. The molecule has 1 N–H and O–H groups in total. The summed E-state index contributed by atoms with van der Waals surface area (Å²) in [5.41, 5.74) is -0.325. The zero-order valence-corrected chi connectivity index (χ0v) is 12.0. The van der Waals surface area contributed by atoms with Crippen molar-refractivity contribution in [1.29, 1.82) is 0 Å². The number of ether oxygens (including phenoxy) is 1. The van der Waals surface area contributed by atoms with Crippen LogP contribution in [-0.4, -0.2) is 44.2 Å². The molecular weight excluding hydrogens is 259 g/mol. The molecule has 0 saturated carbocycles. The van der Waals surface area contributed by atoms with Crippen molar-refractivity contribution in [1.82, 2.24) is 10.2 Å². The van der Waals surface area contributed by atoms with Crippen molar-refractivity contribution < 1.29 is 13.9 Å². The first-order valence-corrected chi connectivity index (χ1v) is 6.89. The van der Waals surface area contributed by atoms with Crippen molar-refractivity contribution in [2.45, 2.75) is 18.9 Å². The number of methoxy groups -OCH3 is 1.